The largest absolute Gasteiger partial charge is 0.382 e. The van der Waals surface area contributed by atoms with Crippen LogP contribution in [-0.4, -0.2) is 42.5 Å². The summed E-state index contributed by atoms with van der Waals surface area (Å²) in [6.07, 6.45) is 3.15. The van der Waals surface area contributed by atoms with E-state index in [1.165, 1.54) is 11.3 Å². The quantitative estimate of drug-likeness (QED) is 0.849. The molecule has 0 aromatic heterocycles. The molecule has 1 amide bonds. The van der Waals surface area contributed by atoms with Crippen LogP contribution in [0.1, 0.15) is 38.7 Å². The molecule has 122 valence electrons. The van der Waals surface area contributed by atoms with Crippen LogP contribution in [0.3, 0.4) is 0 Å². The van der Waals surface area contributed by atoms with Crippen molar-refractivity contribution in [3.8, 4) is 0 Å². The Bertz CT molecular complexity index is 464. The van der Waals surface area contributed by atoms with Crippen LogP contribution in [0.5, 0.6) is 0 Å². The van der Waals surface area contributed by atoms with Gasteiger partial charge in [0.05, 0.1) is 6.04 Å². The summed E-state index contributed by atoms with van der Waals surface area (Å²) in [6, 6.07) is 9.04. The van der Waals surface area contributed by atoms with Crippen molar-refractivity contribution in [3.63, 3.8) is 0 Å². The summed E-state index contributed by atoms with van der Waals surface area (Å²) in [4.78, 5) is 14.3. The first-order chi connectivity index (χ1) is 10.6. The molecule has 1 aliphatic heterocycles. The van der Waals surface area contributed by atoms with E-state index in [4.69, 9.17) is 0 Å². The molecular weight excluding hydrogens is 274 g/mol. The van der Waals surface area contributed by atoms with Crippen LogP contribution in [0.4, 0.5) is 5.69 Å². The summed E-state index contributed by atoms with van der Waals surface area (Å²) in [5.41, 5.74) is 2.48. The van der Waals surface area contributed by atoms with Gasteiger partial charge in [-0.1, -0.05) is 24.6 Å². The number of carbonyl (C=O) groups excluding carboxylic acids is 1. The second kappa shape index (κ2) is 8.18. The second-order valence-electron chi connectivity index (χ2n) is 6.29. The Balaban J connectivity index is 1.77. The number of benzene rings is 1. The Kier molecular flexibility index (Phi) is 6.25. The number of likely N-dealkylation sites (tertiary alicyclic amines) is 1. The van der Waals surface area contributed by atoms with Crippen LogP contribution in [0, 0.1) is 6.92 Å². The molecule has 0 saturated carbocycles. The summed E-state index contributed by atoms with van der Waals surface area (Å²) < 4.78 is 0. The van der Waals surface area contributed by atoms with Gasteiger partial charge < -0.3 is 10.6 Å². The smallest absolute Gasteiger partial charge is 0.237 e. The third-order valence-corrected chi connectivity index (χ3v) is 4.43. The molecule has 1 aliphatic rings. The first kappa shape index (κ1) is 16.8. The van der Waals surface area contributed by atoms with Crippen LogP contribution in [0.15, 0.2) is 24.3 Å². The van der Waals surface area contributed by atoms with Crippen molar-refractivity contribution < 1.29 is 4.79 Å². The fraction of sp³-hybridized carbons (Fsp3) is 0.611. The zero-order valence-electron chi connectivity index (χ0n) is 14.1. The summed E-state index contributed by atoms with van der Waals surface area (Å²) in [7, 11) is 0. The standard InChI is InChI=1S/C18H29N3O/c1-4-11-19-18(22)15(3)21-12-9-17(10-13-21)20-16-7-5-14(2)6-8-16/h5-8,15,17,20H,4,9-13H2,1-3H3,(H,19,22). The normalized spacial score (nSPS) is 18.0. The van der Waals surface area contributed by atoms with E-state index in [9.17, 15) is 4.79 Å². The molecule has 1 heterocycles. The van der Waals surface area contributed by atoms with E-state index in [0.717, 1.165) is 38.9 Å². The summed E-state index contributed by atoms with van der Waals surface area (Å²) >= 11 is 0. The maximum absolute atomic E-state index is 12.0. The van der Waals surface area contributed by atoms with Gasteiger partial charge in [-0.05, 0) is 45.2 Å². The summed E-state index contributed by atoms with van der Waals surface area (Å²) in [5.74, 6) is 0.159. The van der Waals surface area contributed by atoms with E-state index in [1.807, 2.05) is 6.92 Å². The number of rotatable bonds is 6. The number of nitrogens with one attached hydrogen (secondary N) is 2. The van der Waals surface area contributed by atoms with E-state index in [1.54, 1.807) is 0 Å². The Morgan fingerprint density at radius 3 is 2.50 bits per heavy atom. The van der Waals surface area contributed by atoms with Crippen molar-refractivity contribution in [2.24, 2.45) is 0 Å². The van der Waals surface area contributed by atoms with Gasteiger partial charge in [0, 0.05) is 31.4 Å². The van der Waals surface area contributed by atoms with Gasteiger partial charge in [-0.25, -0.2) is 0 Å². The van der Waals surface area contributed by atoms with E-state index >= 15 is 0 Å². The van der Waals surface area contributed by atoms with Crippen molar-refractivity contribution in [2.45, 2.75) is 52.1 Å². The lowest BCUT2D eigenvalue weighted by Gasteiger charge is -2.36. The summed E-state index contributed by atoms with van der Waals surface area (Å²) in [5, 5.41) is 6.59. The van der Waals surface area contributed by atoms with Crippen molar-refractivity contribution in [3.05, 3.63) is 29.8 Å². The topological polar surface area (TPSA) is 44.4 Å². The number of hydrogen-bond acceptors (Lipinski definition) is 3. The Morgan fingerprint density at radius 2 is 1.91 bits per heavy atom. The molecule has 1 fully saturated rings. The molecule has 4 nitrogen and oxygen atoms in total. The number of amides is 1. The van der Waals surface area contributed by atoms with Crippen molar-refractivity contribution in [1.82, 2.24) is 10.2 Å². The monoisotopic (exact) mass is 303 g/mol. The summed E-state index contributed by atoms with van der Waals surface area (Å²) in [6.45, 7) is 8.92. The molecule has 1 saturated heterocycles. The molecule has 22 heavy (non-hydrogen) atoms. The predicted octanol–water partition coefficient (Wildman–Crippen LogP) is 2.79. The third kappa shape index (κ3) is 4.73. The molecule has 2 N–H and O–H groups in total. The van der Waals surface area contributed by atoms with Gasteiger partial charge in [0.1, 0.15) is 0 Å². The Labute approximate surface area is 134 Å². The van der Waals surface area contributed by atoms with E-state index in [0.29, 0.717) is 6.04 Å². The maximum Gasteiger partial charge on any atom is 0.237 e. The van der Waals surface area contributed by atoms with Gasteiger partial charge in [0.2, 0.25) is 5.91 Å². The second-order valence-corrected chi connectivity index (χ2v) is 6.29. The average Bonchev–Trinajstić information content (AvgIpc) is 2.55. The fourth-order valence-corrected chi connectivity index (χ4v) is 2.88. The minimum atomic E-state index is -0.0214. The van der Waals surface area contributed by atoms with Gasteiger partial charge in [0.15, 0.2) is 0 Å². The van der Waals surface area contributed by atoms with E-state index in [-0.39, 0.29) is 11.9 Å². The van der Waals surface area contributed by atoms with E-state index in [2.05, 4.69) is 53.6 Å². The van der Waals surface area contributed by atoms with Crippen LogP contribution < -0.4 is 10.6 Å². The highest BCUT2D eigenvalue weighted by molar-refractivity contribution is 5.81. The molecule has 1 unspecified atom stereocenters. The van der Waals surface area contributed by atoms with Gasteiger partial charge in [0.25, 0.3) is 0 Å². The zero-order chi connectivity index (χ0) is 15.9. The van der Waals surface area contributed by atoms with Crippen molar-refractivity contribution in [2.75, 3.05) is 25.0 Å². The van der Waals surface area contributed by atoms with Crippen molar-refractivity contribution >= 4 is 11.6 Å². The minimum Gasteiger partial charge on any atom is -0.382 e. The molecule has 1 atom stereocenters. The highest BCUT2D eigenvalue weighted by Gasteiger charge is 2.26. The molecule has 1 aromatic rings. The fourth-order valence-electron chi connectivity index (χ4n) is 2.88. The Hall–Kier alpha value is -1.55. The first-order valence-electron chi connectivity index (χ1n) is 8.45. The molecule has 4 heteroatoms. The average molecular weight is 303 g/mol. The lowest BCUT2D eigenvalue weighted by molar-refractivity contribution is -0.126. The molecule has 0 radical (unpaired) electrons. The zero-order valence-corrected chi connectivity index (χ0v) is 14.1. The first-order valence-corrected chi connectivity index (χ1v) is 8.45. The number of anilines is 1. The molecule has 0 aliphatic carbocycles. The number of aryl methyl sites for hydroxylation is 1. The lowest BCUT2D eigenvalue weighted by atomic mass is 10.0. The number of nitrogens with zero attached hydrogens (tertiary/aromatic N) is 1. The van der Waals surface area contributed by atoms with Crippen LogP contribution >= 0.6 is 0 Å². The highest BCUT2D eigenvalue weighted by Crippen LogP contribution is 2.18. The molecule has 2 rings (SSSR count). The predicted molar refractivity (Wildman–Crippen MR) is 92.2 cm³/mol. The highest BCUT2D eigenvalue weighted by atomic mass is 16.2. The van der Waals surface area contributed by atoms with E-state index < -0.39 is 0 Å². The maximum atomic E-state index is 12.0. The number of carbonyl (C=O) groups is 1. The number of hydrogen-bond donors (Lipinski definition) is 2. The molecule has 1 aromatic carbocycles. The minimum absolute atomic E-state index is 0.0214. The van der Waals surface area contributed by atoms with Crippen molar-refractivity contribution in [1.29, 1.82) is 0 Å². The Morgan fingerprint density at radius 1 is 1.27 bits per heavy atom. The van der Waals surface area contributed by atoms with Crippen LogP contribution in [-0.2, 0) is 4.79 Å². The number of piperidine rings is 1. The van der Waals surface area contributed by atoms with Gasteiger partial charge in [-0.15, -0.1) is 0 Å². The van der Waals surface area contributed by atoms with Crippen LogP contribution in [0.2, 0.25) is 0 Å². The van der Waals surface area contributed by atoms with Gasteiger partial charge in [-0.3, -0.25) is 9.69 Å². The molecule has 0 spiro atoms. The van der Waals surface area contributed by atoms with Crippen LogP contribution in [0.25, 0.3) is 0 Å². The SMILES string of the molecule is CCCNC(=O)C(C)N1CCC(Nc2ccc(C)cc2)CC1. The van der Waals surface area contributed by atoms with Gasteiger partial charge >= 0.3 is 0 Å². The van der Waals surface area contributed by atoms with Gasteiger partial charge in [-0.2, -0.15) is 0 Å². The lowest BCUT2D eigenvalue weighted by Crippen LogP contribution is -2.50. The third-order valence-electron chi connectivity index (χ3n) is 4.43. The molecule has 0 bridgehead atoms. The molecular formula is C18H29N3O.